The normalized spacial score (nSPS) is 24.7. The van der Waals surface area contributed by atoms with Gasteiger partial charge in [0.15, 0.2) is 11.5 Å². The minimum atomic E-state index is 0.0248. The second kappa shape index (κ2) is 5.52. The Bertz CT molecular complexity index is 541. The molecule has 0 radical (unpaired) electrons. The highest BCUT2D eigenvalue weighted by molar-refractivity contribution is 7.19. The van der Waals surface area contributed by atoms with Crippen molar-refractivity contribution in [3.8, 4) is 5.75 Å². The average molecular weight is 308 g/mol. The van der Waals surface area contributed by atoms with E-state index in [1.807, 2.05) is 13.8 Å². The molecule has 2 aliphatic rings. The monoisotopic (exact) mass is 308 g/mol. The molecule has 2 unspecified atom stereocenters. The first-order valence-electron chi connectivity index (χ1n) is 7.82. The van der Waals surface area contributed by atoms with Gasteiger partial charge in [0, 0.05) is 20.0 Å². The van der Waals surface area contributed by atoms with Gasteiger partial charge in [-0.15, -0.1) is 11.3 Å². The Hall–Kier alpha value is -1.23. The molecule has 1 aliphatic carbocycles. The van der Waals surface area contributed by atoms with Crippen molar-refractivity contribution < 1.29 is 9.53 Å². The van der Waals surface area contributed by atoms with Crippen LogP contribution in [0.15, 0.2) is 0 Å². The number of Topliss-reactive ketones (excluding diaryl/α,β-unsaturated/α-hetero) is 1. The van der Waals surface area contributed by atoms with Crippen molar-refractivity contribution in [3.63, 3.8) is 0 Å². The number of nitrogens with zero attached hydrogens (tertiary/aromatic N) is 1. The summed E-state index contributed by atoms with van der Waals surface area (Å²) in [4.78, 5) is 14.8. The predicted molar refractivity (Wildman–Crippen MR) is 87.5 cm³/mol. The smallest absolute Gasteiger partial charge is 0.177 e. The number of hydrogen-bond donors (Lipinski definition) is 1. The largest absolute Gasteiger partial charge is 0.486 e. The van der Waals surface area contributed by atoms with Gasteiger partial charge in [0.05, 0.1) is 16.7 Å². The number of nitrogens with two attached hydrogens (primary N) is 1. The van der Waals surface area contributed by atoms with Crippen LogP contribution in [0.1, 0.15) is 49.7 Å². The maximum atomic E-state index is 11.8. The molecule has 1 aliphatic heterocycles. The summed E-state index contributed by atoms with van der Waals surface area (Å²) < 4.78 is 5.93. The van der Waals surface area contributed by atoms with Gasteiger partial charge in [0.1, 0.15) is 5.00 Å². The maximum Gasteiger partial charge on any atom is 0.177 e. The van der Waals surface area contributed by atoms with Crippen LogP contribution in [0.4, 0.5) is 10.7 Å². The van der Waals surface area contributed by atoms with Crippen molar-refractivity contribution in [3.05, 3.63) is 4.88 Å². The average Bonchev–Trinajstić information content (AvgIpc) is 3.03. The lowest BCUT2D eigenvalue weighted by molar-refractivity contribution is 0.102. The van der Waals surface area contributed by atoms with Crippen molar-refractivity contribution in [1.82, 2.24) is 0 Å². The van der Waals surface area contributed by atoms with E-state index in [0.717, 1.165) is 35.7 Å². The fraction of sp³-hybridized carbons (Fsp3) is 0.688. The highest BCUT2D eigenvalue weighted by Gasteiger charge is 2.38. The van der Waals surface area contributed by atoms with Crippen LogP contribution >= 0.6 is 11.3 Å². The lowest BCUT2D eigenvalue weighted by Crippen LogP contribution is -2.21. The lowest BCUT2D eigenvalue weighted by Gasteiger charge is -2.20. The molecular formula is C16H24N2O2S. The fourth-order valence-electron chi connectivity index (χ4n) is 3.64. The van der Waals surface area contributed by atoms with Crippen LogP contribution in [0.3, 0.4) is 0 Å². The zero-order valence-electron chi connectivity index (χ0n) is 13.0. The molecule has 1 saturated carbocycles. The second-order valence-corrected chi connectivity index (χ2v) is 7.56. The highest BCUT2D eigenvalue weighted by atomic mass is 32.1. The van der Waals surface area contributed by atoms with Crippen molar-refractivity contribution in [2.24, 2.45) is 11.8 Å². The van der Waals surface area contributed by atoms with Gasteiger partial charge in [-0.3, -0.25) is 4.79 Å². The number of nitrogen functional groups attached to an aromatic ring is 1. The molecule has 5 heteroatoms. The maximum absolute atomic E-state index is 11.8. The molecule has 2 fully saturated rings. The number of fused-ring (bicyclic) bond motifs is 1. The summed E-state index contributed by atoms with van der Waals surface area (Å²) in [5.74, 6) is 2.36. The number of anilines is 2. The summed E-state index contributed by atoms with van der Waals surface area (Å²) in [5, 5.41) is 1.06. The minimum absolute atomic E-state index is 0.0248. The summed E-state index contributed by atoms with van der Waals surface area (Å²) in [6.45, 7) is 7.72. The van der Waals surface area contributed by atoms with Gasteiger partial charge in [-0.1, -0.05) is 6.42 Å². The first-order valence-corrected chi connectivity index (χ1v) is 8.63. The van der Waals surface area contributed by atoms with Crippen LogP contribution in [-0.4, -0.2) is 25.0 Å². The molecule has 1 aromatic heterocycles. The van der Waals surface area contributed by atoms with Gasteiger partial charge < -0.3 is 15.4 Å². The standard InChI is InChI=1S/C16H24N2O2S/c1-9(2)20-14-13(17)15(10(3)19)21-16(14)18-7-11-5-4-6-12(11)8-18/h9,11-12H,4-8,17H2,1-3H3. The van der Waals surface area contributed by atoms with Crippen molar-refractivity contribution in [2.45, 2.75) is 46.1 Å². The molecule has 2 N–H and O–H groups in total. The quantitative estimate of drug-likeness (QED) is 0.864. The van der Waals surface area contributed by atoms with Crippen LogP contribution in [0.2, 0.25) is 0 Å². The summed E-state index contributed by atoms with van der Waals surface area (Å²) >= 11 is 1.50. The Morgan fingerprint density at radius 3 is 2.48 bits per heavy atom. The molecule has 0 bridgehead atoms. The molecule has 2 atom stereocenters. The van der Waals surface area contributed by atoms with Gasteiger partial charge in [0.25, 0.3) is 0 Å². The molecule has 21 heavy (non-hydrogen) atoms. The SMILES string of the molecule is CC(=O)c1sc(N2CC3CCCC3C2)c(OC(C)C)c1N. The molecule has 1 aromatic rings. The number of rotatable bonds is 4. The van der Waals surface area contributed by atoms with Gasteiger partial charge in [-0.05, 0) is 38.5 Å². The second-order valence-electron chi connectivity index (χ2n) is 6.56. The predicted octanol–water partition coefficient (Wildman–Crippen LogP) is 3.56. The third-order valence-electron chi connectivity index (χ3n) is 4.57. The Balaban J connectivity index is 1.93. The Morgan fingerprint density at radius 2 is 1.95 bits per heavy atom. The van der Waals surface area contributed by atoms with E-state index in [9.17, 15) is 4.79 Å². The van der Waals surface area contributed by atoms with E-state index in [2.05, 4.69) is 4.90 Å². The van der Waals surface area contributed by atoms with E-state index in [-0.39, 0.29) is 11.9 Å². The number of hydrogen-bond acceptors (Lipinski definition) is 5. The first-order chi connectivity index (χ1) is 9.97. The van der Waals surface area contributed by atoms with Crippen molar-refractivity contribution in [2.75, 3.05) is 23.7 Å². The number of ether oxygens (including phenoxy) is 1. The molecular weight excluding hydrogens is 284 g/mol. The van der Waals surface area contributed by atoms with Crippen LogP contribution in [0.25, 0.3) is 0 Å². The van der Waals surface area contributed by atoms with Crippen LogP contribution in [-0.2, 0) is 0 Å². The van der Waals surface area contributed by atoms with Gasteiger partial charge in [0.2, 0.25) is 0 Å². The highest BCUT2D eigenvalue weighted by Crippen LogP contribution is 2.49. The van der Waals surface area contributed by atoms with Crippen LogP contribution in [0, 0.1) is 11.8 Å². The summed E-state index contributed by atoms with van der Waals surface area (Å²) in [6.07, 6.45) is 4.09. The van der Waals surface area contributed by atoms with Crippen LogP contribution < -0.4 is 15.4 Å². The molecule has 4 nitrogen and oxygen atoms in total. The van der Waals surface area contributed by atoms with E-state index in [4.69, 9.17) is 10.5 Å². The van der Waals surface area contributed by atoms with Crippen LogP contribution in [0.5, 0.6) is 5.75 Å². The molecule has 3 rings (SSSR count). The number of carbonyl (C=O) groups excluding carboxylic acids is 1. The molecule has 2 heterocycles. The number of ketones is 1. The topological polar surface area (TPSA) is 55.6 Å². The third kappa shape index (κ3) is 2.63. The summed E-state index contributed by atoms with van der Waals surface area (Å²) in [6, 6.07) is 0. The van der Waals surface area contributed by atoms with Crippen molar-refractivity contribution in [1.29, 1.82) is 0 Å². The zero-order valence-corrected chi connectivity index (χ0v) is 13.8. The van der Waals surface area contributed by atoms with E-state index < -0.39 is 0 Å². The van der Waals surface area contributed by atoms with E-state index in [1.54, 1.807) is 6.92 Å². The Kier molecular flexibility index (Phi) is 3.86. The first kappa shape index (κ1) is 14.7. The van der Waals surface area contributed by atoms with Gasteiger partial charge >= 0.3 is 0 Å². The zero-order chi connectivity index (χ0) is 15.1. The summed E-state index contributed by atoms with van der Waals surface area (Å²) in [7, 11) is 0. The molecule has 1 saturated heterocycles. The third-order valence-corrected chi connectivity index (χ3v) is 5.92. The molecule has 0 aromatic carbocycles. The Labute approximate surface area is 130 Å². The molecule has 116 valence electrons. The Morgan fingerprint density at radius 1 is 1.33 bits per heavy atom. The number of thiophene rings is 1. The van der Waals surface area contributed by atoms with E-state index in [0.29, 0.717) is 10.6 Å². The van der Waals surface area contributed by atoms with Gasteiger partial charge in [-0.2, -0.15) is 0 Å². The molecule has 0 amide bonds. The fourth-order valence-corrected chi connectivity index (χ4v) is 4.71. The number of carbonyl (C=O) groups is 1. The van der Waals surface area contributed by atoms with E-state index >= 15 is 0 Å². The van der Waals surface area contributed by atoms with E-state index in [1.165, 1.54) is 30.6 Å². The van der Waals surface area contributed by atoms with Gasteiger partial charge in [-0.25, -0.2) is 0 Å². The molecule has 0 spiro atoms. The summed E-state index contributed by atoms with van der Waals surface area (Å²) in [5.41, 5.74) is 6.70. The lowest BCUT2D eigenvalue weighted by atomic mass is 10.0. The minimum Gasteiger partial charge on any atom is -0.486 e. The van der Waals surface area contributed by atoms with Crippen molar-refractivity contribution >= 4 is 27.8 Å².